The normalized spacial score (nSPS) is 18.3. The highest BCUT2D eigenvalue weighted by Crippen LogP contribution is 2.31. The lowest BCUT2D eigenvalue weighted by Gasteiger charge is -2.36. The van der Waals surface area contributed by atoms with Crippen molar-refractivity contribution in [3.8, 4) is 0 Å². The molecule has 6 heteroatoms. The number of carbonyl (C=O) groups excluding carboxylic acids is 1. The summed E-state index contributed by atoms with van der Waals surface area (Å²) in [5.41, 5.74) is 2.36. The fraction of sp³-hybridized carbons (Fsp3) is 0.600. The van der Waals surface area contributed by atoms with Gasteiger partial charge in [0.1, 0.15) is 5.82 Å². The van der Waals surface area contributed by atoms with E-state index in [1.165, 1.54) is 5.69 Å². The number of hydrogen-bond donors (Lipinski definition) is 1. The summed E-state index contributed by atoms with van der Waals surface area (Å²) in [6.45, 7) is 10.1. The third-order valence-electron chi connectivity index (χ3n) is 4.34. The average molecular weight is 289 g/mol. The van der Waals surface area contributed by atoms with Crippen molar-refractivity contribution in [1.82, 2.24) is 9.88 Å². The zero-order valence-electron chi connectivity index (χ0n) is 12.8. The SMILES string of the molecule is CCN1CCNc2cnc(N3CCN(C(C)=O)CC3)cc21. The summed E-state index contributed by atoms with van der Waals surface area (Å²) in [6.07, 6.45) is 1.93. The highest BCUT2D eigenvalue weighted by molar-refractivity contribution is 5.75. The first kappa shape index (κ1) is 14.0. The van der Waals surface area contributed by atoms with Crippen molar-refractivity contribution in [3.63, 3.8) is 0 Å². The molecule has 0 aliphatic carbocycles. The number of pyridine rings is 1. The Kier molecular flexibility index (Phi) is 3.86. The Morgan fingerprint density at radius 2 is 2.05 bits per heavy atom. The van der Waals surface area contributed by atoms with Gasteiger partial charge in [0.15, 0.2) is 0 Å². The molecular weight excluding hydrogens is 266 g/mol. The fourth-order valence-electron chi connectivity index (χ4n) is 3.03. The third-order valence-corrected chi connectivity index (χ3v) is 4.34. The summed E-state index contributed by atoms with van der Waals surface area (Å²) in [5, 5.41) is 3.40. The Bertz CT molecular complexity index is 525. The van der Waals surface area contributed by atoms with E-state index < -0.39 is 0 Å². The number of amides is 1. The summed E-state index contributed by atoms with van der Waals surface area (Å²) in [4.78, 5) is 22.5. The third kappa shape index (κ3) is 2.75. The van der Waals surface area contributed by atoms with Gasteiger partial charge in [0.05, 0.1) is 17.6 Å². The Morgan fingerprint density at radius 1 is 1.29 bits per heavy atom. The first-order valence-corrected chi connectivity index (χ1v) is 7.68. The van der Waals surface area contributed by atoms with Gasteiger partial charge in [-0.3, -0.25) is 4.79 Å². The number of nitrogens with one attached hydrogen (secondary N) is 1. The number of fused-ring (bicyclic) bond motifs is 1. The van der Waals surface area contributed by atoms with Gasteiger partial charge in [-0.05, 0) is 6.92 Å². The van der Waals surface area contributed by atoms with Crippen molar-refractivity contribution in [2.75, 3.05) is 60.9 Å². The molecule has 114 valence electrons. The van der Waals surface area contributed by atoms with Crippen molar-refractivity contribution in [2.24, 2.45) is 0 Å². The van der Waals surface area contributed by atoms with Crippen LogP contribution >= 0.6 is 0 Å². The van der Waals surface area contributed by atoms with Crippen molar-refractivity contribution < 1.29 is 4.79 Å². The van der Waals surface area contributed by atoms with Gasteiger partial charge in [-0.2, -0.15) is 0 Å². The second-order valence-corrected chi connectivity index (χ2v) is 5.56. The van der Waals surface area contributed by atoms with E-state index in [-0.39, 0.29) is 5.91 Å². The lowest BCUT2D eigenvalue weighted by molar-refractivity contribution is -0.129. The minimum Gasteiger partial charge on any atom is -0.380 e. The number of aromatic nitrogens is 1. The standard InChI is InChI=1S/C15H23N5O/c1-3-18-5-4-16-13-11-17-15(10-14(13)18)20-8-6-19(7-9-20)12(2)21/h10-11,16H,3-9H2,1-2H3. The van der Waals surface area contributed by atoms with Crippen LogP contribution in [0.3, 0.4) is 0 Å². The summed E-state index contributed by atoms with van der Waals surface area (Å²) in [6, 6.07) is 2.18. The molecule has 0 saturated carbocycles. The molecule has 3 heterocycles. The number of piperazine rings is 1. The van der Waals surface area contributed by atoms with Crippen molar-refractivity contribution >= 4 is 23.1 Å². The molecule has 0 aromatic carbocycles. The van der Waals surface area contributed by atoms with Gasteiger partial charge in [-0.15, -0.1) is 0 Å². The lowest BCUT2D eigenvalue weighted by atomic mass is 10.2. The molecule has 1 aromatic heterocycles. The first-order valence-electron chi connectivity index (χ1n) is 7.68. The van der Waals surface area contributed by atoms with Crippen LogP contribution in [0.4, 0.5) is 17.2 Å². The van der Waals surface area contributed by atoms with Gasteiger partial charge in [-0.1, -0.05) is 0 Å². The number of likely N-dealkylation sites (N-methyl/N-ethyl adjacent to an activating group) is 1. The van der Waals surface area contributed by atoms with E-state index in [1.54, 1.807) is 6.92 Å². The van der Waals surface area contributed by atoms with E-state index in [0.717, 1.165) is 57.3 Å². The fourth-order valence-corrected chi connectivity index (χ4v) is 3.03. The lowest BCUT2D eigenvalue weighted by Crippen LogP contribution is -2.48. The molecule has 1 fully saturated rings. The molecule has 3 rings (SSSR count). The number of rotatable bonds is 2. The molecule has 0 atom stereocenters. The van der Waals surface area contributed by atoms with E-state index in [4.69, 9.17) is 0 Å². The van der Waals surface area contributed by atoms with Gasteiger partial charge in [0.2, 0.25) is 5.91 Å². The maximum Gasteiger partial charge on any atom is 0.219 e. The number of anilines is 3. The predicted molar refractivity (Wildman–Crippen MR) is 85.1 cm³/mol. The Balaban J connectivity index is 1.76. The van der Waals surface area contributed by atoms with E-state index in [0.29, 0.717) is 0 Å². The molecule has 1 aromatic rings. The molecule has 0 unspecified atom stereocenters. The molecule has 21 heavy (non-hydrogen) atoms. The molecule has 0 radical (unpaired) electrons. The number of carbonyl (C=O) groups is 1. The zero-order chi connectivity index (χ0) is 14.8. The van der Waals surface area contributed by atoms with Crippen LogP contribution < -0.4 is 15.1 Å². The second-order valence-electron chi connectivity index (χ2n) is 5.56. The van der Waals surface area contributed by atoms with Crippen LogP contribution in [0.5, 0.6) is 0 Å². The Labute approximate surface area is 125 Å². The zero-order valence-corrected chi connectivity index (χ0v) is 12.8. The van der Waals surface area contributed by atoms with E-state index in [2.05, 4.69) is 33.1 Å². The molecule has 6 nitrogen and oxygen atoms in total. The molecule has 2 aliphatic rings. The molecule has 0 bridgehead atoms. The summed E-state index contributed by atoms with van der Waals surface area (Å²) >= 11 is 0. The Hall–Kier alpha value is -1.98. The average Bonchev–Trinajstić information content (AvgIpc) is 2.53. The molecule has 1 saturated heterocycles. The van der Waals surface area contributed by atoms with Crippen LogP contribution in [0, 0.1) is 0 Å². The molecule has 1 N–H and O–H groups in total. The highest BCUT2D eigenvalue weighted by Gasteiger charge is 2.22. The van der Waals surface area contributed by atoms with Gasteiger partial charge >= 0.3 is 0 Å². The van der Waals surface area contributed by atoms with Crippen LogP contribution in [-0.2, 0) is 4.79 Å². The topological polar surface area (TPSA) is 51.7 Å². The van der Waals surface area contributed by atoms with Crippen LogP contribution in [0.1, 0.15) is 13.8 Å². The Morgan fingerprint density at radius 3 is 2.71 bits per heavy atom. The number of hydrogen-bond acceptors (Lipinski definition) is 5. The van der Waals surface area contributed by atoms with Crippen molar-refractivity contribution in [2.45, 2.75) is 13.8 Å². The second kappa shape index (κ2) is 5.79. The molecular formula is C15H23N5O. The van der Waals surface area contributed by atoms with E-state index >= 15 is 0 Å². The van der Waals surface area contributed by atoms with Crippen molar-refractivity contribution in [1.29, 1.82) is 0 Å². The largest absolute Gasteiger partial charge is 0.380 e. The van der Waals surface area contributed by atoms with Gasteiger partial charge < -0.3 is 20.0 Å². The molecule has 2 aliphatic heterocycles. The molecule has 0 spiro atoms. The van der Waals surface area contributed by atoms with E-state index in [1.807, 2.05) is 11.1 Å². The summed E-state index contributed by atoms with van der Waals surface area (Å²) < 4.78 is 0. The maximum absolute atomic E-state index is 11.4. The van der Waals surface area contributed by atoms with Crippen molar-refractivity contribution in [3.05, 3.63) is 12.3 Å². The predicted octanol–water partition coefficient (Wildman–Crippen LogP) is 1.00. The van der Waals surface area contributed by atoms with Crippen LogP contribution in [0.15, 0.2) is 12.3 Å². The van der Waals surface area contributed by atoms with Gasteiger partial charge in [-0.25, -0.2) is 4.98 Å². The number of nitrogens with zero attached hydrogens (tertiary/aromatic N) is 4. The minimum absolute atomic E-state index is 0.161. The van der Waals surface area contributed by atoms with Gasteiger partial charge in [0.25, 0.3) is 0 Å². The monoisotopic (exact) mass is 289 g/mol. The highest BCUT2D eigenvalue weighted by atomic mass is 16.2. The van der Waals surface area contributed by atoms with Crippen LogP contribution in [0.25, 0.3) is 0 Å². The smallest absolute Gasteiger partial charge is 0.219 e. The van der Waals surface area contributed by atoms with Crippen LogP contribution in [0.2, 0.25) is 0 Å². The summed E-state index contributed by atoms with van der Waals surface area (Å²) in [5.74, 6) is 1.17. The molecule has 1 amide bonds. The van der Waals surface area contributed by atoms with Gasteiger partial charge in [0, 0.05) is 58.8 Å². The minimum atomic E-state index is 0.161. The quantitative estimate of drug-likeness (QED) is 0.880. The summed E-state index contributed by atoms with van der Waals surface area (Å²) in [7, 11) is 0. The first-order chi connectivity index (χ1) is 10.2. The van der Waals surface area contributed by atoms with Crippen LogP contribution in [-0.4, -0.2) is 61.6 Å². The van der Waals surface area contributed by atoms with E-state index in [9.17, 15) is 4.79 Å². The maximum atomic E-state index is 11.4.